The highest BCUT2D eigenvalue weighted by Crippen LogP contribution is 2.13. The summed E-state index contributed by atoms with van der Waals surface area (Å²) in [5, 5.41) is 9.12. The van der Waals surface area contributed by atoms with Crippen LogP contribution in [0.2, 0.25) is 0 Å². The van der Waals surface area contributed by atoms with Gasteiger partial charge in [-0.3, -0.25) is 4.79 Å². The summed E-state index contributed by atoms with van der Waals surface area (Å²) < 4.78 is 12.8. The molecule has 2 nitrogen and oxygen atoms in total. The molecule has 0 saturated heterocycles. The fourth-order valence-electron chi connectivity index (χ4n) is 1.73. The normalized spacial score (nSPS) is 10.9. The van der Waals surface area contributed by atoms with Crippen LogP contribution in [0.25, 0.3) is 6.08 Å². The molecule has 0 N–H and O–H groups in total. The minimum absolute atomic E-state index is 0.0282. The predicted octanol–water partition coefficient (Wildman–Crippen LogP) is 3.92. The quantitative estimate of drug-likeness (QED) is 0.479. The number of carbonyl (C=O) groups is 1. The zero-order chi connectivity index (χ0) is 14.5. The van der Waals surface area contributed by atoms with E-state index in [1.54, 1.807) is 0 Å². The number of benzene rings is 2. The second-order valence-corrected chi connectivity index (χ2v) is 4.42. The number of rotatable bonds is 3. The summed E-state index contributed by atoms with van der Waals surface area (Å²) in [4.78, 5) is 12.1. The molecule has 0 aliphatic carbocycles. The summed E-state index contributed by atoms with van der Waals surface area (Å²) in [5.41, 5.74) is 2.21. The van der Waals surface area contributed by atoms with Crippen LogP contribution in [-0.4, -0.2) is 5.78 Å². The Morgan fingerprint density at radius 2 is 1.70 bits per heavy atom. The monoisotopic (exact) mass is 265 g/mol. The van der Waals surface area contributed by atoms with Crippen molar-refractivity contribution in [2.75, 3.05) is 0 Å². The van der Waals surface area contributed by atoms with Gasteiger partial charge in [-0.25, -0.2) is 4.39 Å². The van der Waals surface area contributed by atoms with Gasteiger partial charge in [0.05, 0.1) is 0 Å². The number of allylic oxidation sites excluding steroid dienone is 1. The molecule has 3 heteroatoms. The first-order valence-electron chi connectivity index (χ1n) is 6.09. The lowest BCUT2D eigenvalue weighted by Crippen LogP contribution is -2.01. The molecule has 0 aromatic heterocycles. The number of halogens is 1. The first-order valence-corrected chi connectivity index (χ1v) is 6.09. The molecule has 0 spiro atoms. The van der Waals surface area contributed by atoms with E-state index in [1.165, 1.54) is 30.3 Å². The molecule has 0 heterocycles. The minimum Gasteiger partial charge on any atom is -0.288 e. The number of Topliss-reactive ketones (excluding diaryl/α,β-unsaturated/α-hetero) is 1. The molecular weight excluding hydrogens is 253 g/mol. The molecule has 0 amide bonds. The van der Waals surface area contributed by atoms with Gasteiger partial charge in [0.2, 0.25) is 5.78 Å². The number of nitrogens with zero attached hydrogens (tertiary/aromatic N) is 1. The standard InChI is InChI=1S/C17H12FNO/c1-12-2-4-13(5-3-12)10-15(11-19)17(20)14-6-8-16(18)9-7-14/h2-10H,1H3/b15-10+. The molecule has 2 aromatic carbocycles. The van der Waals surface area contributed by atoms with Crippen molar-refractivity contribution in [2.45, 2.75) is 6.92 Å². The minimum atomic E-state index is -0.414. The Kier molecular flexibility index (Phi) is 4.07. The third-order valence-corrected chi connectivity index (χ3v) is 2.86. The number of ketones is 1. The highest BCUT2D eigenvalue weighted by atomic mass is 19.1. The molecule has 0 saturated carbocycles. The van der Waals surface area contributed by atoms with Gasteiger partial charge < -0.3 is 0 Å². The van der Waals surface area contributed by atoms with Crippen LogP contribution >= 0.6 is 0 Å². The van der Waals surface area contributed by atoms with Gasteiger partial charge in [-0.15, -0.1) is 0 Å². The van der Waals surface area contributed by atoms with E-state index in [2.05, 4.69) is 0 Å². The van der Waals surface area contributed by atoms with E-state index in [4.69, 9.17) is 5.26 Å². The largest absolute Gasteiger partial charge is 0.288 e. The van der Waals surface area contributed by atoms with E-state index in [0.717, 1.165) is 11.1 Å². The number of aryl methyl sites for hydroxylation is 1. The van der Waals surface area contributed by atoms with Crippen molar-refractivity contribution in [3.63, 3.8) is 0 Å². The topological polar surface area (TPSA) is 40.9 Å². The van der Waals surface area contributed by atoms with Gasteiger partial charge in [0.25, 0.3) is 0 Å². The zero-order valence-corrected chi connectivity index (χ0v) is 10.9. The summed E-state index contributed by atoms with van der Waals surface area (Å²) in [6.45, 7) is 1.96. The van der Waals surface area contributed by atoms with E-state index < -0.39 is 11.6 Å². The summed E-state index contributed by atoms with van der Waals surface area (Å²) in [6, 6.07) is 14.5. The van der Waals surface area contributed by atoms with Gasteiger partial charge >= 0.3 is 0 Å². The van der Waals surface area contributed by atoms with Crippen LogP contribution in [0.4, 0.5) is 4.39 Å². The van der Waals surface area contributed by atoms with Gasteiger partial charge in [0.1, 0.15) is 17.5 Å². The van der Waals surface area contributed by atoms with Crippen LogP contribution in [0.15, 0.2) is 54.1 Å². The number of nitriles is 1. The van der Waals surface area contributed by atoms with Crippen molar-refractivity contribution >= 4 is 11.9 Å². The van der Waals surface area contributed by atoms with Crippen LogP contribution in [0.5, 0.6) is 0 Å². The van der Waals surface area contributed by atoms with Crippen LogP contribution in [0.3, 0.4) is 0 Å². The van der Waals surface area contributed by atoms with E-state index in [-0.39, 0.29) is 5.57 Å². The van der Waals surface area contributed by atoms with Crippen molar-refractivity contribution in [1.29, 1.82) is 5.26 Å². The van der Waals surface area contributed by atoms with Gasteiger partial charge in [-0.1, -0.05) is 29.8 Å². The summed E-state index contributed by atoms with van der Waals surface area (Å²) in [7, 11) is 0. The number of carbonyl (C=O) groups excluding carboxylic acids is 1. The Bertz CT molecular complexity index is 691. The molecule has 0 atom stereocenters. The molecular formula is C17H12FNO. The Labute approximate surface area is 116 Å². The molecule has 2 rings (SSSR count). The molecule has 0 aliphatic heterocycles. The molecule has 0 bridgehead atoms. The fraction of sp³-hybridized carbons (Fsp3) is 0.0588. The Hall–Kier alpha value is -2.73. The smallest absolute Gasteiger partial charge is 0.203 e. The molecule has 0 aliphatic rings. The average Bonchev–Trinajstić information content (AvgIpc) is 2.47. The van der Waals surface area contributed by atoms with Crippen molar-refractivity contribution in [3.8, 4) is 6.07 Å². The lowest BCUT2D eigenvalue weighted by atomic mass is 10.0. The fourth-order valence-corrected chi connectivity index (χ4v) is 1.73. The van der Waals surface area contributed by atoms with Crippen molar-refractivity contribution in [2.24, 2.45) is 0 Å². The van der Waals surface area contributed by atoms with Gasteiger partial charge in [0.15, 0.2) is 0 Å². The van der Waals surface area contributed by atoms with E-state index in [0.29, 0.717) is 5.56 Å². The maximum Gasteiger partial charge on any atom is 0.203 e. The zero-order valence-electron chi connectivity index (χ0n) is 10.9. The summed E-state index contributed by atoms with van der Waals surface area (Å²) in [6.07, 6.45) is 1.53. The molecule has 20 heavy (non-hydrogen) atoms. The summed E-state index contributed by atoms with van der Waals surface area (Å²) >= 11 is 0. The van der Waals surface area contributed by atoms with Crippen molar-refractivity contribution in [1.82, 2.24) is 0 Å². The van der Waals surface area contributed by atoms with Crippen LogP contribution in [0.1, 0.15) is 21.5 Å². The lowest BCUT2D eigenvalue weighted by Gasteiger charge is -2.00. The third-order valence-electron chi connectivity index (χ3n) is 2.86. The number of hydrogen-bond acceptors (Lipinski definition) is 2. The van der Waals surface area contributed by atoms with Gasteiger partial charge in [-0.05, 0) is 42.8 Å². The van der Waals surface area contributed by atoms with Crippen molar-refractivity contribution < 1.29 is 9.18 Å². The second kappa shape index (κ2) is 5.94. The molecule has 98 valence electrons. The Morgan fingerprint density at radius 3 is 2.25 bits per heavy atom. The maximum absolute atomic E-state index is 12.8. The lowest BCUT2D eigenvalue weighted by molar-refractivity contribution is 0.104. The second-order valence-electron chi connectivity index (χ2n) is 4.42. The Morgan fingerprint density at radius 1 is 1.10 bits per heavy atom. The first-order chi connectivity index (χ1) is 9.60. The molecule has 0 radical (unpaired) electrons. The first kappa shape index (κ1) is 13.7. The maximum atomic E-state index is 12.8. The SMILES string of the molecule is Cc1ccc(/C=C(\C#N)C(=O)c2ccc(F)cc2)cc1. The van der Waals surface area contributed by atoms with E-state index in [9.17, 15) is 9.18 Å². The van der Waals surface area contributed by atoms with E-state index >= 15 is 0 Å². The van der Waals surface area contributed by atoms with Gasteiger partial charge in [-0.2, -0.15) is 5.26 Å². The molecule has 0 fully saturated rings. The van der Waals surface area contributed by atoms with Crippen LogP contribution < -0.4 is 0 Å². The molecule has 0 unspecified atom stereocenters. The van der Waals surface area contributed by atoms with Crippen LogP contribution in [0, 0.1) is 24.1 Å². The Balaban J connectivity index is 2.32. The summed E-state index contributed by atoms with van der Waals surface area (Å²) in [5.74, 6) is -0.823. The average molecular weight is 265 g/mol. The highest BCUT2D eigenvalue weighted by molar-refractivity contribution is 6.14. The van der Waals surface area contributed by atoms with Gasteiger partial charge in [0, 0.05) is 5.56 Å². The van der Waals surface area contributed by atoms with E-state index in [1.807, 2.05) is 37.3 Å². The number of hydrogen-bond donors (Lipinski definition) is 0. The van der Waals surface area contributed by atoms with Crippen molar-refractivity contribution in [3.05, 3.63) is 76.6 Å². The van der Waals surface area contributed by atoms with Crippen LogP contribution in [-0.2, 0) is 0 Å². The highest BCUT2D eigenvalue weighted by Gasteiger charge is 2.12. The predicted molar refractivity (Wildman–Crippen MR) is 75.5 cm³/mol. The molecule has 2 aromatic rings. The third kappa shape index (κ3) is 3.18.